The molecule has 1 fully saturated rings. The van der Waals surface area contributed by atoms with Crippen molar-refractivity contribution in [3.05, 3.63) is 41.0 Å². The summed E-state index contributed by atoms with van der Waals surface area (Å²) in [6, 6.07) is 7.52. The number of morpholine rings is 1. The van der Waals surface area contributed by atoms with Crippen molar-refractivity contribution in [1.29, 1.82) is 0 Å². The second kappa shape index (κ2) is 7.68. The Hall–Kier alpha value is -1.70. The highest BCUT2D eigenvalue weighted by molar-refractivity contribution is 8.00. The van der Waals surface area contributed by atoms with Gasteiger partial charge in [0.1, 0.15) is 10.7 Å². The van der Waals surface area contributed by atoms with Gasteiger partial charge in [0.05, 0.1) is 13.2 Å². The molecule has 0 aromatic heterocycles. The number of aliphatic imine (C=N–C) groups is 1. The summed E-state index contributed by atoms with van der Waals surface area (Å²) in [6.07, 6.45) is 0.901. The molecule has 136 valence electrons. The van der Waals surface area contributed by atoms with Crippen LogP contribution in [0.5, 0.6) is 0 Å². The topological polar surface area (TPSA) is 71.0 Å². The largest absolute Gasteiger partial charge is 0.379 e. The summed E-state index contributed by atoms with van der Waals surface area (Å²) in [4.78, 5) is 7.17. The molecule has 0 bridgehead atoms. The molecule has 1 aromatic carbocycles. The average Bonchev–Trinajstić information content (AvgIpc) is 2.82. The SMILES string of the molecule is CC1=C(c2ccc(C)cc2)S(=O)(=O)NC1=NCCCN1CCOCC1. The van der Waals surface area contributed by atoms with E-state index in [0.29, 0.717) is 28.4 Å². The molecule has 1 saturated heterocycles. The molecule has 0 amide bonds. The van der Waals surface area contributed by atoms with E-state index in [4.69, 9.17) is 4.74 Å². The summed E-state index contributed by atoms with van der Waals surface area (Å²) in [5, 5.41) is 0. The normalized spacial score (nSPS) is 22.4. The Bertz CT molecular complexity index is 776. The van der Waals surface area contributed by atoms with Crippen LogP contribution in [0.25, 0.3) is 4.91 Å². The third-order valence-electron chi connectivity index (χ3n) is 4.52. The Kier molecular flexibility index (Phi) is 5.56. The summed E-state index contributed by atoms with van der Waals surface area (Å²) in [7, 11) is -3.54. The van der Waals surface area contributed by atoms with E-state index >= 15 is 0 Å². The maximum atomic E-state index is 12.5. The fourth-order valence-electron chi connectivity index (χ4n) is 3.10. The first-order valence-electron chi connectivity index (χ1n) is 8.63. The minimum absolute atomic E-state index is 0.333. The molecule has 0 aliphatic carbocycles. The van der Waals surface area contributed by atoms with E-state index in [1.165, 1.54) is 0 Å². The Morgan fingerprint density at radius 1 is 1.16 bits per heavy atom. The minimum Gasteiger partial charge on any atom is -0.379 e. The third kappa shape index (κ3) is 4.29. The number of benzene rings is 1. The molecule has 6 nitrogen and oxygen atoms in total. The van der Waals surface area contributed by atoms with Gasteiger partial charge in [-0.2, -0.15) is 0 Å². The zero-order valence-electron chi connectivity index (χ0n) is 14.8. The van der Waals surface area contributed by atoms with Gasteiger partial charge in [-0.1, -0.05) is 29.8 Å². The van der Waals surface area contributed by atoms with Crippen molar-refractivity contribution in [2.24, 2.45) is 4.99 Å². The predicted molar refractivity (Wildman–Crippen MR) is 100 cm³/mol. The standard InChI is InChI=1S/C18H25N3O3S/c1-14-4-6-16(7-5-14)17-15(2)18(20-25(17,22)23)19-8-3-9-21-10-12-24-13-11-21/h4-7H,3,8-13H2,1-2H3,(H,19,20). The molecule has 2 aliphatic heterocycles. The van der Waals surface area contributed by atoms with Gasteiger partial charge in [-0.15, -0.1) is 0 Å². The average molecular weight is 363 g/mol. The lowest BCUT2D eigenvalue weighted by Crippen LogP contribution is -2.37. The fraction of sp³-hybridized carbons (Fsp3) is 0.500. The van der Waals surface area contributed by atoms with Gasteiger partial charge < -0.3 is 4.74 Å². The van der Waals surface area contributed by atoms with Gasteiger partial charge in [-0.05, 0) is 25.8 Å². The van der Waals surface area contributed by atoms with Gasteiger partial charge in [-0.3, -0.25) is 14.6 Å². The van der Waals surface area contributed by atoms with Crippen LogP contribution in [0, 0.1) is 6.92 Å². The molecule has 25 heavy (non-hydrogen) atoms. The highest BCUT2D eigenvalue weighted by atomic mass is 32.2. The van der Waals surface area contributed by atoms with Crippen LogP contribution >= 0.6 is 0 Å². The zero-order valence-corrected chi connectivity index (χ0v) is 15.6. The molecular formula is C18H25N3O3S. The number of sulfonamides is 1. The van der Waals surface area contributed by atoms with Crippen LogP contribution in [0.15, 0.2) is 34.8 Å². The number of hydrogen-bond donors (Lipinski definition) is 1. The number of nitrogens with one attached hydrogen (secondary N) is 1. The minimum atomic E-state index is -3.54. The molecule has 1 N–H and O–H groups in total. The van der Waals surface area contributed by atoms with E-state index in [-0.39, 0.29) is 0 Å². The molecule has 0 radical (unpaired) electrons. The first kappa shape index (κ1) is 18.1. The van der Waals surface area contributed by atoms with E-state index in [2.05, 4.69) is 14.6 Å². The van der Waals surface area contributed by atoms with E-state index in [1.807, 2.05) is 38.1 Å². The molecule has 0 unspecified atom stereocenters. The zero-order chi connectivity index (χ0) is 17.9. The third-order valence-corrected chi connectivity index (χ3v) is 6.06. The molecule has 7 heteroatoms. The number of rotatable bonds is 5. The summed E-state index contributed by atoms with van der Waals surface area (Å²) >= 11 is 0. The molecule has 0 spiro atoms. The maximum Gasteiger partial charge on any atom is 0.264 e. The van der Waals surface area contributed by atoms with E-state index in [1.54, 1.807) is 0 Å². The second-order valence-corrected chi connectivity index (χ2v) is 8.08. The Morgan fingerprint density at radius 3 is 2.52 bits per heavy atom. The lowest BCUT2D eigenvalue weighted by atomic mass is 10.1. The van der Waals surface area contributed by atoms with Crippen LogP contribution in [-0.2, 0) is 14.8 Å². The Labute approximate surface area is 149 Å². The summed E-state index contributed by atoms with van der Waals surface area (Å²) in [6.45, 7) is 8.85. The molecule has 2 aliphatic rings. The van der Waals surface area contributed by atoms with Gasteiger partial charge in [-0.25, -0.2) is 8.42 Å². The number of ether oxygens (including phenoxy) is 1. The molecule has 2 heterocycles. The van der Waals surface area contributed by atoms with Crippen LogP contribution in [0.3, 0.4) is 0 Å². The molecular weight excluding hydrogens is 338 g/mol. The van der Waals surface area contributed by atoms with E-state index < -0.39 is 10.0 Å². The first-order valence-corrected chi connectivity index (χ1v) is 10.1. The number of nitrogens with zero attached hydrogens (tertiary/aromatic N) is 2. The Balaban J connectivity index is 1.68. The molecule has 0 atom stereocenters. The van der Waals surface area contributed by atoms with E-state index in [0.717, 1.165) is 44.8 Å². The maximum absolute atomic E-state index is 12.5. The Morgan fingerprint density at radius 2 is 1.84 bits per heavy atom. The highest BCUT2D eigenvalue weighted by Gasteiger charge is 2.32. The van der Waals surface area contributed by atoms with Crippen molar-refractivity contribution in [1.82, 2.24) is 9.62 Å². The van der Waals surface area contributed by atoms with Gasteiger partial charge in [0.15, 0.2) is 0 Å². The van der Waals surface area contributed by atoms with Crippen molar-refractivity contribution in [2.75, 3.05) is 39.4 Å². The monoisotopic (exact) mass is 363 g/mol. The highest BCUT2D eigenvalue weighted by Crippen LogP contribution is 2.29. The number of hydrogen-bond acceptors (Lipinski definition) is 5. The van der Waals surface area contributed by atoms with E-state index in [9.17, 15) is 8.42 Å². The van der Waals surface area contributed by atoms with Gasteiger partial charge in [0, 0.05) is 31.8 Å². The van der Waals surface area contributed by atoms with Crippen LogP contribution in [-0.4, -0.2) is 58.5 Å². The fourth-order valence-corrected chi connectivity index (χ4v) is 4.62. The first-order chi connectivity index (χ1) is 12.0. The van der Waals surface area contributed by atoms with Crippen LogP contribution in [0.4, 0.5) is 0 Å². The van der Waals surface area contributed by atoms with Crippen LogP contribution in [0.1, 0.15) is 24.5 Å². The summed E-state index contributed by atoms with van der Waals surface area (Å²) < 4.78 is 32.9. The lowest BCUT2D eigenvalue weighted by molar-refractivity contribution is 0.0377. The molecule has 3 rings (SSSR count). The van der Waals surface area contributed by atoms with Crippen molar-refractivity contribution in [3.63, 3.8) is 0 Å². The second-order valence-electron chi connectivity index (χ2n) is 6.46. The summed E-state index contributed by atoms with van der Waals surface area (Å²) in [5.74, 6) is 0.470. The van der Waals surface area contributed by atoms with Gasteiger partial charge in [0.25, 0.3) is 10.0 Å². The van der Waals surface area contributed by atoms with Crippen molar-refractivity contribution in [2.45, 2.75) is 20.3 Å². The van der Waals surface area contributed by atoms with Crippen molar-refractivity contribution >= 4 is 20.8 Å². The van der Waals surface area contributed by atoms with Crippen molar-refractivity contribution < 1.29 is 13.2 Å². The smallest absolute Gasteiger partial charge is 0.264 e. The molecule has 0 saturated carbocycles. The van der Waals surface area contributed by atoms with Crippen LogP contribution < -0.4 is 4.72 Å². The van der Waals surface area contributed by atoms with Crippen LogP contribution in [0.2, 0.25) is 0 Å². The number of aryl methyl sites for hydroxylation is 1. The van der Waals surface area contributed by atoms with Gasteiger partial charge >= 0.3 is 0 Å². The predicted octanol–water partition coefficient (Wildman–Crippen LogP) is 1.78. The summed E-state index contributed by atoms with van der Waals surface area (Å²) in [5.41, 5.74) is 2.49. The quantitative estimate of drug-likeness (QED) is 0.810. The van der Waals surface area contributed by atoms with Crippen molar-refractivity contribution in [3.8, 4) is 0 Å². The number of amidine groups is 1. The molecule has 1 aromatic rings. The van der Waals surface area contributed by atoms with Gasteiger partial charge in [0.2, 0.25) is 0 Å². The lowest BCUT2D eigenvalue weighted by Gasteiger charge is -2.26.